The molecule has 0 bridgehead atoms. The Morgan fingerprint density at radius 2 is 1.92 bits per heavy atom. The van der Waals surface area contributed by atoms with Gasteiger partial charge in [-0.25, -0.2) is 10.4 Å². The molecule has 2 saturated heterocycles. The third kappa shape index (κ3) is 7.20. The number of pyridine rings is 1. The number of carbonyl (C=O) groups is 2. The van der Waals surface area contributed by atoms with Crippen LogP contribution in [-0.2, 0) is 20.5 Å². The van der Waals surface area contributed by atoms with Crippen molar-refractivity contribution in [3.63, 3.8) is 0 Å². The normalized spacial score (nSPS) is 22.4. The molecular formula is C21H28F6N6O3. The highest BCUT2D eigenvalue weighted by molar-refractivity contribution is 5.80. The number of ether oxygens (including phenoxy) is 1. The molecule has 1 aromatic rings. The lowest BCUT2D eigenvalue weighted by Gasteiger charge is -2.36. The molecular weight excluding hydrogens is 498 g/mol. The largest absolute Gasteiger partial charge is 0.419 e. The highest BCUT2D eigenvalue weighted by atomic mass is 19.4. The van der Waals surface area contributed by atoms with Crippen molar-refractivity contribution in [1.82, 2.24) is 26.1 Å². The minimum Gasteiger partial charge on any atom is -0.379 e. The van der Waals surface area contributed by atoms with E-state index in [9.17, 15) is 35.9 Å². The molecule has 2 aliphatic heterocycles. The van der Waals surface area contributed by atoms with E-state index in [1.165, 1.54) is 22.1 Å². The van der Waals surface area contributed by atoms with Crippen LogP contribution < -0.4 is 21.1 Å². The second kappa shape index (κ2) is 11.6. The number of anilines is 1. The maximum atomic E-state index is 13.2. The van der Waals surface area contributed by atoms with Crippen LogP contribution in [0.1, 0.15) is 18.9 Å². The Hall–Kier alpha value is -2.65. The van der Waals surface area contributed by atoms with Gasteiger partial charge in [-0.3, -0.25) is 15.0 Å². The average molecular weight is 526 g/mol. The van der Waals surface area contributed by atoms with Crippen LogP contribution in [-0.4, -0.2) is 85.9 Å². The number of hydrogen-bond donors (Lipinski definition) is 3. The Labute approximate surface area is 203 Å². The zero-order chi connectivity index (χ0) is 26.5. The van der Waals surface area contributed by atoms with Gasteiger partial charge in [-0.2, -0.15) is 26.3 Å². The van der Waals surface area contributed by atoms with E-state index < -0.39 is 41.8 Å². The van der Waals surface area contributed by atoms with E-state index in [0.29, 0.717) is 0 Å². The van der Waals surface area contributed by atoms with Crippen LogP contribution in [0.25, 0.3) is 0 Å². The summed E-state index contributed by atoms with van der Waals surface area (Å²) in [5.74, 6) is -3.76. The average Bonchev–Trinajstić information content (AvgIpc) is 2.80. The van der Waals surface area contributed by atoms with Crippen LogP contribution in [0.2, 0.25) is 0 Å². The molecule has 3 atom stereocenters. The third-order valence-electron chi connectivity index (χ3n) is 5.92. The third-order valence-corrected chi connectivity index (χ3v) is 5.92. The molecule has 2 unspecified atom stereocenters. The first kappa shape index (κ1) is 27.9. The van der Waals surface area contributed by atoms with Gasteiger partial charge >= 0.3 is 12.4 Å². The van der Waals surface area contributed by atoms with E-state index >= 15 is 0 Å². The Morgan fingerprint density at radius 3 is 2.56 bits per heavy atom. The molecule has 3 heterocycles. The summed E-state index contributed by atoms with van der Waals surface area (Å²) in [6.07, 6.45) is -7.93. The summed E-state index contributed by atoms with van der Waals surface area (Å²) in [5.41, 5.74) is 3.57. The smallest absolute Gasteiger partial charge is 0.379 e. The van der Waals surface area contributed by atoms with Gasteiger partial charge in [0.1, 0.15) is 5.82 Å². The number of aromatic nitrogens is 1. The number of nitrogens with zero attached hydrogens (tertiary/aromatic N) is 3. The predicted octanol–water partition coefficient (Wildman–Crippen LogP) is 1.32. The first-order valence-corrected chi connectivity index (χ1v) is 11.4. The summed E-state index contributed by atoms with van der Waals surface area (Å²) in [6.45, 7) is 2.36. The number of piperazine rings is 1. The second-order valence-electron chi connectivity index (χ2n) is 8.63. The maximum Gasteiger partial charge on any atom is 0.419 e. The van der Waals surface area contributed by atoms with Crippen molar-refractivity contribution < 1.29 is 40.7 Å². The van der Waals surface area contributed by atoms with Crippen LogP contribution in [0.5, 0.6) is 0 Å². The Bertz CT molecular complexity index is 907. The summed E-state index contributed by atoms with van der Waals surface area (Å²) in [4.78, 5) is 31.0. The molecule has 2 fully saturated rings. The highest BCUT2D eigenvalue weighted by Crippen LogP contribution is 2.35. The van der Waals surface area contributed by atoms with E-state index in [1.807, 2.05) is 5.43 Å². The molecule has 1 aromatic heterocycles. The van der Waals surface area contributed by atoms with Crippen molar-refractivity contribution in [1.29, 1.82) is 0 Å². The molecule has 202 valence electrons. The van der Waals surface area contributed by atoms with Crippen LogP contribution in [0.3, 0.4) is 0 Å². The van der Waals surface area contributed by atoms with Gasteiger partial charge in [0.25, 0.3) is 0 Å². The zero-order valence-corrected chi connectivity index (χ0v) is 19.5. The van der Waals surface area contributed by atoms with Gasteiger partial charge in [0.05, 0.1) is 25.2 Å². The van der Waals surface area contributed by atoms with Crippen LogP contribution in [0.4, 0.5) is 32.2 Å². The molecule has 0 radical (unpaired) electrons. The predicted molar refractivity (Wildman–Crippen MR) is 116 cm³/mol. The Balaban J connectivity index is 1.39. The molecule has 0 spiro atoms. The fourth-order valence-corrected chi connectivity index (χ4v) is 4.19. The monoisotopic (exact) mass is 526 g/mol. The number of amides is 2. The van der Waals surface area contributed by atoms with Gasteiger partial charge in [0, 0.05) is 51.0 Å². The van der Waals surface area contributed by atoms with Gasteiger partial charge < -0.3 is 19.9 Å². The van der Waals surface area contributed by atoms with Crippen LogP contribution in [0.15, 0.2) is 18.3 Å². The topological polar surface area (TPSA) is 98.8 Å². The molecule has 2 aliphatic rings. The molecule has 36 heavy (non-hydrogen) atoms. The summed E-state index contributed by atoms with van der Waals surface area (Å²) < 4.78 is 84.7. The standard InChI is InChI=1S/C21H28F6N6O3/c1-13(30-15-11-29-31-19(35)17(15)21(25,26)27)12-36-10-4-16(34)32-6-8-33(9-7-32)18-14(20(22,23)24)3-2-5-28-18/h2-3,5,13,15,17,29-30H,4,6-12H2,1H3,(H,31,35)/t13-,15?,17?/m0/s1. The molecule has 3 N–H and O–H groups in total. The number of hydrazine groups is 1. The SMILES string of the molecule is C[C@@H](COCCC(=O)N1CCN(c2ncccc2C(F)(F)F)CC1)NC1CNNC(=O)C1C(F)(F)F. The summed E-state index contributed by atoms with van der Waals surface area (Å²) in [6, 6.07) is 0.495. The molecule has 15 heteroatoms. The number of carbonyl (C=O) groups excluding carboxylic acids is 2. The number of nitrogens with one attached hydrogen (secondary N) is 3. The molecule has 0 aromatic carbocycles. The Morgan fingerprint density at radius 1 is 1.22 bits per heavy atom. The van der Waals surface area contributed by atoms with E-state index in [2.05, 4.69) is 15.7 Å². The van der Waals surface area contributed by atoms with Gasteiger partial charge in [-0.05, 0) is 19.1 Å². The maximum absolute atomic E-state index is 13.2. The number of hydrogen-bond acceptors (Lipinski definition) is 7. The Kier molecular flexibility index (Phi) is 9.00. The van der Waals surface area contributed by atoms with E-state index in [1.54, 1.807) is 6.92 Å². The minimum absolute atomic E-state index is 0.0165. The van der Waals surface area contributed by atoms with Gasteiger partial charge in [0.15, 0.2) is 5.92 Å². The van der Waals surface area contributed by atoms with Crippen LogP contribution >= 0.6 is 0 Å². The summed E-state index contributed by atoms with van der Waals surface area (Å²) in [5, 5.41) is 2.74. The highest BCUT2D eigenvalue weighted by Gasteiger charge is 2.51. The molecule has 0 aliphatic carbocycles. The van der Waals surface area contributed by atoms with E-state index in [0.717, 1.165) is 6.07 Å². The molecule has 2 amide bonds. The fourth-order valence-electron chi connectivity index (χ4n) is 4.19. The molecule has 0 saturated carbocycles. The van der Waals surface area contributed by atoms with Crippen molar-refractivity contribution in [3.8, 4) is 0 Å². The van der Waals surface area contributed by atoms with Crippen molar-refractivity contribution in [2.24, 2.45) is 5.92 Å². The van der Waals surface area contributed by atoms with Crippen molar-refractivity contribution in [2.75, 3.05) is 50.8 Å². The first-order chi connectivity index (χ1) is 16.9. The lowest BCUT2D eigenvalue weighted by Crippen LogP contribution is -2.64. The summed E-state index contributed by atoms with van der Waals surface area (Å²) in [7, 11) is 0. The van der Waals surface area contributed by atoms with E-state index in [4.69, 9.17) is 4.74 Å². The fraction of sp³-hybridized carbons (Fsp3) is 0.667. The first-order valence-electron chi connectivity index (χ1n) is 11.4. The number of alkyl halides is 6. The van der Waals surface area contributed by atoms with Crippen molar-refractivity contribution in [3.05, 3.63) is 23.9 Å². The van der Waals surface area contributed by atoms with Crippen LogP contribution in [0, 0.1) is 5.92 Å². The zero-order valence-electron chi connectivity index (χ0n) is 19.5. The lowest BCUT2D eigenvalue weighted by atomic mass is 9.96. The van der Waals surface area contributed by atoms with Gasteiger partial charge in [-0.1, -0.05) is 0 Å². The minimum atomic E-state index is -4.70. The number of rotatable bonds is 8. The van der Waals surface area contributed by atoms with Gasteiger partial charge in [0.2, 0.25) is 11.8 Å². The van der Waals surface area contributed by atoms with E-state index in [-0.39, 0.29) is 64.1 Å². The molecule has 3 rings (SSSR count). The molecule has 9 nitrogen and oxygen atoms in total. The van der Waals surface area contributed by atoms with Crippen molar-refractivity contribution in [2.45, 2.75) is 37.8 Å². The van der Waals surface area contributed by atoms with Crippen molar-refractivity contribution >= 4 is 17.6 Å². The summed E-state index contributed by atoms with van der Waals surface area (Å²) >= 11 is 0. The number of halogens is 6. The second-order valence-corrected chi connectivity index (χ2v) is 8.63. The lowest BCUT2D eigenvalue weighted by molar-refractivity contribution is -0.193. The van der Waals surface area contributed by atoms with Gasteiger partial charge in [-0.15, -0.1) is 0 Å². The quantitative estimate of drug-likeness (QED) is 0.347.